The summed E-state index contributed by atoms with van der Waals surface area (Å²) in [5.41, 5.74) is 4.82. The monoisotopic (exact) mass is 436 g/mol. The molecule has 1 atom stereocenters. The van der Waals surface area contributed by atoms with Crippen molar-refractivity contribution in [3.05, 3.63) is 77.7 Å². The molecule has 2 heterocycles. The predicted octanol–water partition coefficient (Wildman–Crippen LogP) is 4.06. The number of benzene rings is 2. The lowest BCUT2D eigenvalue weighted by Crippen LogP contribution is -2.27. The second-order valence-corrected chi connectivity index (χ2v) is 9.13. The number of rotatable bonds is 6. The van der Waals surface area contributed by atoms with Crippen molar-refractivity contribution in [2.45, 2.75) is 31.7 Å². The highest BCUT2D eigenvalue weighted by atomic mass is 32.2. The van der Waals surface area contributed by atoms with E-state index < -0.39 is 16.1 Å². The van der Waals surface area contributed by atoms with Crippen LogP contribution in [0.5, 0.6) is 5.75 Å². The molecule has 160 valence electrons. The summed E-state index contributed by atoms with van der Waals surface area (Å²) < 4.78 is 36.4. The van der Waals surface area contributed by atoms with Gasteiger partial charge in [-0.05, 0) is 50.1 Å². The number of ether oxygens (including phenoxy) is 1. The standard InChI is InChI=1S/C23H24N4O3S/c1-15-12-16(2)27-23(25-15)20(14-24-27)19-10-11-21(30-4)22(13-19)31(28,29)26-17(3)18-8-6-5-7-9-18/h5-14,17,26H,1-4H3/t17-/m0/s1. The van der Waals surface area contributed by atoms with Gasteiger partial charge in [0.05, 0.1) is 13.3 Å². The highest BCUT2D eigenvalue weighted by Crippen LogP contribution is 2.32. The van der Waals surface area contributed by atoms with Crippen LogP contribution in [0.15, 0.2) is 65.7 Å². The molecule has 0 radical (unpaired) electrons. The first-order valence-electron chi connectivity index (χ1n) is 9.88. The molecule has 4 rings (SSSR count). The zero-order chi connectivity index (χ0) is 22.2. The predicted molar refractivity (Wildman–Crippen MR) is 120 cm³/mol. The van der Waals surface area contributed by atoms with Crippen molar-refractivity contribution in [3.8, 4) is 16.9 Å². The Balaban J connectivity index is 1.78. The van der Waals surface area contributed by atoms with E-state index in [0.717, 1.165) is 22.5 Å². The second-order valence-electron chi connectivity index (χ2n) is 7.45. The van der Waals surface area contributed by atoms with E-state index in [0.29, 0.717) is 11.2 Å². The molecule has 0 aliphatic carbocycles. The summed E-state index contributed by atoms with van der Waals surface area (Å²) >= 11 is 0. The molecule has 0 aliphatic heterocycles. The molecule has 31 heavy (non-hydrogen) atoms. The van der Waals surface area contributed by atoms with Gasteiger partial charge in [0.2, 0.25) is 10.0 Å². The largest absolute Gasteiger partial charge is 0.495 e. The van der Waals surface area contributed by atoms with Gasteiger partial charge in [-0.25, -0.2) is 22.6 Å². The molecule has 0 unspecified atom stereocenters. The first-order chi connectivity index (χ1) is 14.8. The molecule has 0 fully saturated rings. The van der Waals surface area contributed by atoms with Crippen molar-refractivity contribution >= 4 is 15.7 Å². The van der Waals surface area contributed by atoms with E-state index in [1.54, 1.807) is 22.8 Å². The molecule has 0 bridgehead atoms. The maximum absolute atomic E-state index is 13.3. The highest BCUT2D eigenvalue weighted by Gasteiger charge is 2.24. The van der Waals surface area contributed by atoms with Crippen LogP contribution >= 0.6 is 0 Å². The Hall–Kier alpha value is -3.23. The van der Waals surface area contributed by atoms with Crippen molar-refractivity contribution in [2.75, 3.05) is 7.11 Å². The Labute approximate surface area is 181 Å². The Morgan fingerprint density at radius 2 is 1.81 bits per heavy atom. The summed E-state index contributed by atoms with van der Waals surface area (Å²) in [6.07, 6.45) is 1.70. The molecule has 0 amide bonds. The minimum Gasteiger partial charge on any atom is -0.495 e. The molecule has 4 aromatic rings. The van der Waals surface area contributed by atoms with Crippen molar-refractivity contribution < 1.29 is 13.2 Å². The molecule has 0 saturated heterocycles. The van der Waals surface area contributed by atoms with E-state index in [1.165, 1.54) is 7.11 Å². The number of nitrogens with zero attached hydrogens (tertiary/aromatic N) is 3. The van der Waals surface area contributed by atoms with Crippen molar-refractivity contribution in [3.63, 3.8) is 0 Å². The number of nitrogens with one attached hydrogen (secondary N) is 1. The summed E-state index contributed by atoms with van der Waals surface area (Å²) in [6.45, 7) is 5.68. The van der Waals surface area contributed by atoms with E-state index in [1.807, 2.05) is 63.2 Å². The van der Waals surface area contributed by atoms with E-state index in [9.17, 15) is 8.42 Å². The van der Waals surface area contributed by atoms with Gasteiger partial charge in [0.25, 0.3) is 0 Å². The highest BCUT2D eigenvalue weighted by molar-refractivity contribution is 7.89. The number of fused-ring (bicyclic) bond motifs is 1. The Morgan fingerprint density at radius 1 is 1.06 bits per heavy atom. The third-order valence-electron chi connectivity index (χ3n) is 5.17. The third kappa shape index (κ3) is 4.04. The summed E-state index contributed by atoms with van der Waals surface area (Å²) in [4.78, 5) is 4.67. The van der Waals surface area contributed by atoms with Crippen LogP contribution in [0.2, 0.25) is 0 Å². The SMILES string of the molecule is COc1ccc(-c2cnn3c(C)cc(C)nc23)cc1S(=O)(=O)N[C@@H](C)c1ccccc1. The summed E-state index contributed by atoms with van der Waals surface area (Å²) in [7, 11) is -2.40. The summed E-state index contributed by atoms with van der Waals surface area (Å²) in [5.74, 6) is 0.272. The van der Waals surface area contributed by atoms with Gasteiger partial charge in [-0.3, -0.25) is 0 Å². The van der Waals surface area contributed by atoms with Gasteiger partial charge in [0.15, 0.2) is 5.65 Å². The molecule has 2 aromatic heterocycles. The zero-order valence-electron chi connectivity index (χ0n) is 17.8. The zero-order valence-corrected chi connectivity index (χ0v) is 18.6. The summed E-state index contributed by atoms with van der Waals surface area (Å²) in [6, 6.07) is 16.0. The van der Waals surface area contributed by atoms with Crippen LogP contribution < -0.4 is 9.46 Å². The summed E-state index contributed by atoms with van der Waals surface area (Å²) in [5, 5.41) is 4.42. The molecule has 8 heteroatoms. The van der Waals surface area contributed by atoms with Crippen LogP contribution in [0.3, 0.4) is 0 Å². The van der Waals surface area contributed by atoms with Gasteiger partial charge in [-0.1, -0.05) is 36.4 Å². The minimum atomic E-state index is -3.86. The molecule has 1 N–H and O–H groups in total. The Bertz CT molecular complexity index is 1350. The van der Waals surface area contributed by atoms with Crippen molar-refractivity contribution in [1.82, 2.24) is 19.3 Å². The fourth-order valence-electron chi connectivity index (χ4n) is 3.63. The van der Waals surface area contributed by atoms with Gasteiger partial charge in [0, 0.05) is 23.0 Å². The van der Waals surface area contributed by atoms with E-state index in [-0.39, 0.29) is 10.6 Å². The first-order valence-corrected chi connectivity index (χ1v) is 11.4. The number of sulfonamides is 1. The van der Waals surface area contributed by atoms with E-state index in [4.69, 9.17) is 4.74 Å². The quantitative estimate of drug-likeness (QED) is 0.493. The lowest BCUT2D eigenvalue weighted by molar-refractivity contribution is 0.402. The average molecular weight is 437 g/mol. The normalized spacial score (nSPS) is 12.8. The lowest BCUT2D eigenvalue weighted by atomic mass is 10.1. The van der Waals surface area contributed by atoms with Crippen LogP contribution in [0, 0.1) is 13.8 Å². The molecule has 2 aromatic carbocycles. The van der Waals surface area contributed by atoms with Gasteiger partial charge in [-0.2, -0.15) is 5.10 Å². The molecular formula is C23H24N4O3S. The first kappa shape index (κ1) is 21.0. The maximum atomic E-state index is 13.3. The molecule has 0 spiro atoms. The molecule has 7 nitrogen and oxygen atoms in total. The third-order valence-corrected chi connectivity index (χ3v) is 6.74. The Morgan fingerprint density at radius 3 is 2.52 bits per heavy atom. The lowest BCUT2D eigenvalue weighted by Gasteiger charge is -2.17. The number of hydrogen-bond donors (Lipinski definition) is 1. The van der Waals surface area contributed by atoms with Crippen molar-refractivity contribution in [2.24, 2.45) is 0 Å². The maximum Gasteiger partial charge on any atom is 0.244 e. The van der Waals surface area contributed by atoms with Crippen LogP contribution in [0.1, 0.15) is 29.9 Å². The number of aryl methyl sites for hydroxylation is 2. The number of methoxy groups -OCH3 is 1. The average Bonchev–Trinajstić information content (AvgIpc) is 3.17. The van der Waals surface area contributed by atoms with E-state index >= 15 is 0 Å². The second kappa shape index (κ2) is 8.13. The van der Waals surface area contributed by atoms with Crippen LogP contribution in [0.4, 0.5) is 0 Å². The van der Waals surface area contributed by atoms with Gasteiger partial charge in [0.1, 0.15) is 10.6 Å². The fourth-order valence-corrected chi connectivity index (χ4v) is 5.06. The molecule has 0 aliphatic rings. The van der Waals surface area contributed by atoms with Crippen LogP contribution in [-0.2, 0) is 10.0 Å². The number of hydrogen-bond acceptors (Lipinski definition) is 5. The topological polar surface area (TPSA) is 85.6 Å². The van der Waals surface area contributed by atoms with Crippen molar-refractivity contribution in [1.29, 1.82) is 0 Å². The van der Waals surface area contributed by atoms with Gasteiger partial charge in [-0.15, -0.1) is 0 Å². The van der Waals surface area contributed by atoms with E-state index in [2.05, 4.69) is 14.8 Å². The van der Waals surface area contributed by atoms with Crippen LogP contribution in [0.25, 0.3) is 16.8 Å². The molecule has 0 saturated carbocycles. The fraction of sp³-hybridized carbons (Fsp3) is 0.217. The smallest absolute Gasteiger partial charge is 0.244 e. The Kier molecular flexibility index (Phi) is 5.51. The minimum absolute atomic E-state index is 0.0685. The van der Waals surface area contributed by atoms with Crippen LogP contribution in [-0.4, -0.2) is 30.1 Å². The molecular weight excluding hydrogens is 412 g/mol. The van der Waals surface area contributed by atoms with Gasteiger partial charge >= 0.3 is 0 Å². The number of aromatic nitrogens is 3. The van der Waals surface area contributed by atoms with Gasteiger partial charge < -0.3 is 4.74 Å².